The highest BCUT2D eigenvalue weighted by Crippen LogP contribution is 2.46. The van der Waals surface area contributed by atoms with E-state index in [1.54, 1.807) is 38.3 Å². The molecular weight excluding hydrogens is 492 g/mol. The summed E-state index contributed by atoms with van der Waals surface area (Å²) in [6.45, 7) is 1.98. The van der Waals surface area contributed by atoms with E-state index in [1.165, 1.54) is 0 Å². The fourth-order valence-corrected chi connectivity index (χ4v) is 5.94. The van der Waals surface area contributed by atoms with E-state index in [2.05, 4.69) is 5.32 Å². The Bertz CT molecular complexity index is 1350. The zero-order valence-electron chi connectivity index (χ0n) is 22.4. The molecule has 0 radical (unpaired) electrons. The minimum Gasteiger partial charge on any atom is -0.497 e. The lowest BCUT2D eigenvalue weighted by atomic mass is 9.77. The van der Waals surface area contributed by atoms with E-state index in [0.717, 1.165) is 37.7 Å². The number of hydrogen-bond acceptors (Lipinski definition) is 5. The molecule has 0 aromatic heterocycles. The van der Waals surface area contributed by atoms with Gasteiger partial charge in [-0.15, -0.1) is 0 Å². The Hall–Kier alpha value is -4.13. The van der Waals surface area contributed by atoms with Crippen molar-refractivity contribution in [1.82, 2.24) is 4.90 Å². The Morgan fingerprint density at radius 2 is 1.62 bits per heavy atom. The Kier molecular flexibility index (Phi) is 7.96. The van der Waals surface area contributed by atoms with Crippen molar-refractivity contribution in [1.29, 1.82) is 0 Å². The molecule has 3 aromatic rings. The van der Waals surface area contributed by atoms with Crippen LogP contribution in [0.4, 0.5) is 5.69 Å². The third-order valence-corrected chi connectivity index (χ3v) is 7.76. The Balaban J connectivity index is 1.62. The van der Waals surface area contributed by atoms with E-state index in [0.29, 0.717) is 22.6 Å². The van der Waals surface area contributed by atoms with Crippen LogP contribution in [0.1, 0.15) is 82.8 Å². The number of rotatable bonds is 7. The molecule has 0 spiro atoms. The smallest absolute Gasteiger partial charge is 0.340 e. The number of ether oxygens (including phenoxy) is 2. The lowest BCUT2D eigenvalue weighted by Crippen LogP contribution is -2.51. The van der Waals surface area contributed by atoms with Gasteiger partial charge in [0, 0.05) is 11.6 Å². The number of carbonyl (C=O) groups is 3. The molecule has 2 amide bonds. The van der Waals surface area contributed by atoms with Gasteiger partial charge in [0.2, 0.25) is 5.91 Å². The largest absolute Gasteiger partial charge is 0.497 e. The first kappa shape index (κ1) is 26.5. The minimum absolute atomic E-state index is 0.0360. The molecule has 0 bridgehead atoms. The van der Waals surface area contributed by atoms with Crippen molar-refractivity contribution in [2.24, 2.45) is 0 Å². The summed E-state index contributed by atoms with van der Waals surface area (Å²) in [6, 6.07) is 21.4. The Morgan fingerprint density at radius 3 is 2.33 bits per heavy atom. The first-order valence-corrected chi connectivity index (χ1v) is 13.7. The summed E-state index contributed by atoms with van der Waals surface area (Å²) in [5.41, 5.74) is 2.77. The highest BCUT2D eigenvalue weighted by atomic mass is 16.5. The Labute approximate surface area is 229 Å². The highest BCUT2D eigenvalue weighted by Gasteiger charge is 2.46. The summed E-state index contributed by atoms with van der Waals surface area (Å²) in [6.07, 6.45) is 5.06. The zero-order chi connectivity index (χ0) is 27.4. The molecule has 7 heteroatoms. The summed E-state index contributed by atoms with van der Waals surface area (Å²) in [7, 11) is 1.61. The molecule has 5 rings (SSSR count). The standard InChI is InChI=1S/C32H34N2O5/c1-3-39-32(37)26-15-9-10-16-27(26)33-30(35)28-24-13-7-8-14-25(24)31(36)34(22-11-5-4-6-12-22)29(28)21-17-19-23(38-2)20-18-21/h7-10,13-20,22,28-29H,3-6,11-12H2,1-2H3,(H,33,35)/t28-,29-/m0/s1. The van der Waals surface area contributed by atoms with Crippen LogP contribution in [0.3, 0.4) is 0 Å². The summed E-state index contributed by atoms with van der Waals surface area (Å²) in [4.78, 5) is 42.9. The normalized spacial score (nSPS) is 19.2. The van der Waals surface area contributed by atoms with E-state index >= 15 is 0 Å². The molecule has 1 heterocycles. The van der Waals surface area contributed by atoms with Crippen molar-refractivity contribution in [3.63, 3.8) is 0 Å². The average molecular weight is 527 g/mol. The van der Waals surface area contributed by atoms with E-state index in [-0.39, 0.29) is 30.0 Å². The predicted octanol–water partition coefficient (Wildman–Crippen LogP) is 6.12. The van der Waals surface area contributed by atoms with Gasteiger partial charge in [0.15, 0.2) is 0 Å². The number of methoxy groups -OCH3 is 1. The maximum Gasteiger partial charge on any atom is 0.340 e. The van der Waals surface area contributed by atoms with Gasteiger partial charge in [-0.1, -0.05) is 61.7 Å². The quantitative estimate of drug-likeness (QED) is 0.375. The number of amides is 2. The summed E-state index contributed by atoms with van der Waals surface area (Å²) >= 11 is 0. The number of fused-ring (bicyclic) bond motifs is 1. The SMILES string of the molecule is CCOC(=O)c1ccccc1NC(=O)[C@H]1c2ccccc2C(=O)N(C2CCCCC2)[C@H]1c1ccc(OC)cc1. The fourth-order valence-electron chi connectivity index (χ4n) is 5.94. The molecule has 7 nitrogen and oxygen atoms in total. The number of nitrogens with one attached hydrogen (secondary N) is 1. The summed E-state index contributed by atoms with van der Waals surface area (Å²) in [5.74, 6) is -0.815. The Morgan fingerprint density at radius 1 is 0.923 bits per heavy atom. The second kappa shape index (κ2) is 11.7. The van der Waals surface area contributed by atoms with Crippen LogP contribution in [0.15, 0.2) is 72.8 Å². The summed E-state index contributed by atoms with van der Waals surface area (Å²) in [5, 5.41) is 3.02. The lowest BCUT2D eigenvalue weighted by molar-refractivity contribution is -0.119. The molecule has 3 aromatic carbocycles. The zero-order valence-corrected chi connectivity index (χ0v) is 22.4. The highest BCUT2D eigenvalue weighted by molar-refractivity contribution is 6.07. The van der Waals surface area contributed by atoms with Gasteiger partial charge in [0.05, 0.1) is 36.9 Å². The van der Waals surface area contributed by atoms with Crippen LogP contribution in [0.5, 0.6) is 5.75 Å². The van der Waals surface area contributed by atoms with Crippen LogP contribution in [0, 0.1) is 0 Å². The molecule has 1 aliphatic heterocycles. The van der Waals surface area contributed by atoms with E-state index in [4.69, 9.17) is 9.47 Å². The number of hydrogen-bond donors (Lipinski definition) is 1. The van der Waals surface area contributed by atoms with Gasteiger partial charge in [-0.2, -0.15) is 0 Å². The van der Waals surface area contributed by atoms with Crippen molar-refractivity contribution in [3.05, 3.63) is 95.1 Å². The third-order valence-electron chi connectivity index (χ3n) is 7.76. The number of nitrogens with zero attached hydrogens (tertiary/aromatic N) is 1. The maximum atomic E-state index is 14.3. The van der Waals surface area contributed by atoms with Gasteiger partial charge in [-0.3, -0.25) is 9.59 Å². The van der Waals surface area contributed by atoms with Crippen LogP contribution in [-0.4, -0.2) is 42.4 Å². The maximum absolute atomic E-state index is 14.3. The van der Waals surface area contributed by atoms with E-state index in [9.17, 15) is 14.4 Å². The molecule has 2 aliphatic rings. The first-order chi connectivity index (χ1) is 19.0. The van der Waals surface area contributed by atoms with Crippen molar-refractivity contribution < 1.29 is 23.9 Å². The first-order valence-electron chi connectivity index (χ1n) is 13.7. The van der Waals surface area contributed by atoms with Crippen LogP contribution in [0.25, 0.3) is 0 Å². The van der Waals surface area contributed by atoms with Gasteiger partial charge in [-0.25, -0.2) is 4.79 Å². The predicted molar refractivity (Wildman–Crippen MR) is 149 cm³/mol. The van der Waals surface area contributed by atoms with Crippen molar-refractivity contribution in [2.75, 3.05) is 19.0 Å². The van der Waals surface area contributed by atoms with Gasteiger partial charge in [0.25, 0.3) is 5.91 Å². The minimum atomic E-state index is -0.690. The molecule has 1 N–H and O–H groups in total. The molecule has 1 fully saturated rings. The van der Waals surface area contributed by atoms with E-state index in [1.807, 2.05) is 53.4 Å². The second-order valence-corrected chi connectivity index (χ2v) is 10.0. The van der Waals surface area contributed by atoms with Crippen LogP contribution >= 0.6 is 0 Å². The van der Waals surface area contributed by atoms with Crippen molar-refractivity contribution in [3.8, 4) is 5.75 Å². The molecule has 0 saturated heterocycles. The second-order valence-electron chi connectivity index (χ2n) is 10.0. The number of esters is 1. The number of carbonyl (C=O) groups excluding carboxylic acids is 3. The third kappa shape index (κ3) is 5.26. The molecule has 1 saturated carbocycles. The van der Waals surface area contributed by atoms with E-state index < -0.39 is 17.9 Å². The molecule has 1 aliphatic carbocycles. The summed E-state index contributed by atoms with van der Waals surface area (Å²) < 4.78 is 10.6. The molecule has 202 valence electrons. The van der Waals surface area contributed by atoms with Crippen LogP contribution in [0.2, 0.25) is 0 Å². The van der Waals surface area contributed by atoms with Crippen molar-refractivity contribution in [2.45, 2.75) is 57.0 Å². The monoisotopic (exact) mass is 526 g/mol. The number of benzene rings is 3. The number of anilines is 1. The average Bonchev–Trinajstić information content (AvgIpc) is 2.98. The van der Waals surface area contributed by atoms with Crippen molar-refractivity contribution >= 4 is 23.5 Å². The molecular formula is C32H34N2O5. The fraction of sp³-hybridized carbons (Fsp3) is 0.344. The van der Waals surface area contributed by atoms with Gasteiger partial charge in [0.1, 0.15) is 5.75 Å². The molecule has 0 unspecified atom stereocenters. The van der Waals surface area contributed by atoms with Gasteiger partial charge in [-0.05, 0) is 61.2 Å². The van der Waals surface area contributed by atoms with Gasteiger partial charge < -0.3 is 19.7 Å². The molecule has 2 atom stereocenters. The lowest BCUT2D eigenvalue weighted by Gasteiger charge is -2.46. The molecule has 39 heavy (non-hydrogen) atoms. The number of para-hydroxylation sites is 1. The van der Waals surface area contributed by atoms with Crippen LogP contribution in [-0.2, 0) is 9.53 Å². The van der Waals surface area contributed by atoms with Crippen LogP contribution < -0.4 is 10.1 Å². The topological polar surface area (TPSA) is 84.9 Å². The van der Waals surface area contributed by atoms with Gasteiger partial charge >= 0.3 is 5.97 Å².